The molecule has 0 amide bonds. The molecule has 10 rings (SSSR count). The van der Waals surface area contributed by atoms with Gasteiger partial charge in [0.2, 0.25) is 6.79 Å². The summed E-state index contributed by atoms with van der Waals surface area (Å²) in [5.41, 5.74) is 19.9. The van der Waals surface area contributed by atoms with Crippen molar-refractivity contribution in [1.29, 1.82) is 0 Å². The van der Waals surface area contributed by atoms with E-state index in [-0.39, 0.29) is 35.2 Å². The van der Waals surface area contributed by atoms with E-state index >= 15 is 0 Å². The summed E-state index contributed by atoms with van der Waals surface area (Å²) in [4.78, 5) is 5.24. The number of ether oxygens (including phenoxy) is 2. The third kappa shape index (κ3) is 6.69. The van der Waals surface area contributed by atoms with Crippen molar-refractivity contribution in [2.24, 2.45) is 0 Å². The van der Waals surface area contributed by atoms with E-state index in [4.69, 9.17) is 9.47 Å². The lowest BCUT2D eigenvalue weighted by atomic mass is 9.36. The molecule has 0 unspecified atom stereocenters. The Morgan fingerprint density at radius 1 is 0.508 bits per heavy atom. The standard InChI is InChI=1S/C57H61BN2O2S/c1-33-24-38(56(9,10)11)25-34(2)51(33)60-46-29-39(57(12,13)14)28-45-50(46)58(53-52(60)41-27-37(55(6,7)8)21-23-49(41)63-53)42-30-47-48(62-32-61-47)31-44(42)59(45)43-22-20-36(54(3,4)5)26-40(43)35-18-16-15-17-19-35/h15-31H,32H2,1-14H3. The van der Waals surface area contributed by atoms with Gasteiger partial charge in [-0.25, -0.2) is 0 Å². The number of thiophene rings is 1. The lowest BCUT2D eigenvalue weighted by Gasteiger charge is -2.45. The molecule has 320 valence electrons. The highest BCUT2D eigenvalue weighted by Crippen LogP contribution is 2.53. The molecule has 0 N–H and O–H groups in total. The van der Waals surface area contributed by atoms with E-state index in [1.165, 1.54) is 93.0 Å². The Bertz CT molecular complexity index is 2980. The molecular weight excluding hydrogens is 788 g/mol. The number of aryl methyl sites for hydroxylation is 2. The molecule has 0 saturated heterocycles. The van der Waals surface area contributed by atoms with Crippen LogP contribution in [0.25, 0.3) is 21.2 Å². The van der Waals surface area contributed by atoms with Crippen LogP contribution in [0.2, 0.25) is 0 Å². The van der Waals surface area contributed by atoms with Crippen LogP contribution in [0.5, 0.6) is 11.5 Å². The van der Waals surface area contributed by atoms with Gasteiger partial charge in [0.15, 0.2) is 11.5 Å². The summed E-state index contributed by atoms with van der Waals surface area (Å²) < 4.78 is 15.2. The van der Waals surface area contributed by atoms with Gasteiger partial charge in [0.1, 0.15) is 0 Å². The SMILES string of the molecule is Cc1cc(C(C)(C)C)cc(C)c1N1c2cc(C(C)(C)C)cc3c2B(c2cc4c(cc2N3c2ccc(C(C)(C)C)cc2-c2ccccc2)OCO4)c2sc3ccc(C(C)(C)C)cc3c21. The van der Waals surface area contributed by atoms with E-state index in [0.717, 1.165) is 22.9 Å². The van der Waals surface area contributed by atoms with Gasteiger partial charge in [-0.05, 0) is 128 Å². The molecule has 0 atom stereocenters. The predicted octanol–water partition coefficient (Wildman–Crippen LogP) is 14.2. The van der Waals surface area contributed by atoms with Crippen LogP contribution in [0, 0.1) is 13.8 Å². The van der Waals surface area contributed by atoms with Gasteiger partial charge in [-0.2, -0.15) is 0 Å². The zero-order chi connectivity index (χ0) is 44.7. The number of anilines is 6. The number of rotatable bonds is 3. The molecule has 6 heteroatoms. The third-order valence-corrected chi connectivity index (χ3v) is 14.9. The predicted molar refractivity (Wildman–Crippen MR) is 272 cm³/mol. The number of nitrogens with zero attached hydrogens (tertiary/aromatic N) is 2. The lowest BCUT2D eigenvalue weighted by molar-refractivity contribution is 0.174. The zero-order valence-corrected chi connectivity index (χ0v) is 40.5. The molecule has 6 aromatic carbocycles. The fourth-order valence-corrected chi connectivity index (χ4v) is 11.3. The Balaban J connectivity index is 1.38. The second-order valence-electron chi connectivity index (χ2n) is 22.4. The van der Waals surface area contributed by atoms with Crippen LogP contribution >= 0.6 is 11.3 Å². The van der Waals surface area contributed by atoms with Crippen molar-refractivity contribution in [3.63, 3.8) is 0 Å². The van der Waals surface area contributed by atoms with Crippen LogP contribution in [0.3, 0.4) is 0 Å². The number of benzene rings is 6. The smallest absolute Gasteiger partial charge is 0.264 e. The first-order valence-corrected chi connectivity index (χ1v) is 23.5. The molecule has 1 aromatic heterocycles. The molecule has 7 aromatic rings. The highest BCUT2D eigenvalue weighted by atomic mass is 32.1. The van der Waals surface area contributed by atoms with Gasteiger partial charge < -0.3 is 19.3 Å². The second-order valence-corrected chi connectivity index (χ2v) is 23.5. The number of hydrogen-bond acceptors (Lipinski definition) is 5. The molecule has 4 heterocycles. The van der Waals surface area contributed by atoms with Gasteiger partial charge in [0, 0.05) is 43.6 Å². The van der Waals surface area contributed by atoms with Crippen LogP contribution in [0.1, 0.15) is 116 Å². The van der Waals surface area contributed by atoms with Crippen LogP contribution in [-0.4, -0.2) is 13.5 Å². The van der Waals surface area contributed by atoms with Crippen LogP contribution in [0.4, 0.5) is 34.1 Å². The maximum Gasteiger partial charge on any atom is 0.264 e. The number of fused-ring (bicyclic) bond motifs is 7. The van der Waals surface area contributed by atoms with E-state index in [1.807, 2.05) is 11.3 Å². The average molecular weight is 849 g/mol. The first kappa shape index (κ1) is 41.5. The van der Waals surface area contributed by atoms with Gasteiger partial charge >= 0.3 is 0 Å². The van der Waals surface area contributed by atoms with Crippen molar-refractivity contribution in [2.45, 2.75) is 119 Å². The van der Waals surface area contributed by atoms with Crippen molar-refractivity contribution in [2.75, 3.05) is 16.6 Å². The summed E-state index contributed by atoms with van der Waals surface area (Å²) >= 11 is 1.95. The fourth-order valence-electron chi connectivity index (χ4n) is 10.0. The van der Waals surface area contributed by atoms with E-state index in [2.05, 4.69) is 210 Å². The molecule has 0 fully saturated rings. The molecule has 0 radical (unpaired) electrons. The minimum absolute atomic E-state index is 0.0119. The monoisotopic (exact) mass is 848 g/mol. The zero-order valence-electron chi connectivity index (χ0n) is 39.7. The summed E-state index contributed by atoms with van der Waals surface area (Å²) in [6.45, 7) is 32.7. The summed E-state index contributed by atoms with van der Waals surface area (Å²) in [5, 5.41) is 1.31. The Morgan fingerprint density at radius 3 is 1.68 bits per heavy atom. The van der Waals surface area contributed by atoms with Crippen LogP contribution in [-0.2, 0) is 21.7 Å². The summed E-state index contributed by atoms with van der Waals surface area (Å²) in [6.07, 6.45) is 0. The summed E-state index contributed by atoms with van der Waals surface area (Å²) in [7, 11) is 0. The average Bonchev–Trinajstić information content (AvgIpc) is 3.83. The molecular formula is C57H61BN2O2S. The largest absolute Gasteiger partial charge is 0.454 e. The highest BCUT2D eigenvalue weighted by Gasteiger charge is 2.47. The molecule has 0 spiro atoms. The molecule has 3 aliphatic heterocycles. The van der Waals surface area contributed by atoms with Crippen LogP contribution < -0.4 is 35.0 Å². The van der Waals surface area contributed by atoms with Crippen molar-refractivity contribution in [3.05, 3.63) is 137 Å². The quantitative estimate of drug-likeness (QED) is 0.165. The van der Waals surface area contributed by atoms with Gasteiger partial charge in [0.25, 0.3) is 6.71 Å². The molecule has 63 heavy (non-hydrogen) atoms. The van der Waals surface area contributed by atoms with E-state index < -0.39 is 0 Å². The van der Waals surface area contributed by atoms with Gasteiger partial charge in [-0.1, -0.05) is 138 Å². The molecule has 3 aliphatic rings. The van der Waals surface area contributed by atoms with Crippen molar-refractivity contribution >= 4 is 78.0 Å². The molecule has 4 nitrogen and oxygen atoms in total. The topological polar surface area (TPSA) is 24.9 Å². The van der Waals surface area contributed by atoms with Crippen molar-refractivity contribution < 1.29 is 9.47 Å². The first-order valence-electron chi connectivity index (χ1n) is 22.7. The maximum absolute atomic E-state index is 6.26. The highest BCUT2D eigenvalue weighted by molar-refractivity contribution is 7.33. The third-order valence-electron chi connectivity index (χ3n) is 13.7. The summed E-state index contributed by atoms with van der Waals surface area (Å²) in [6, 6.07) is 39.7. The van der Waals surface area contributed by atoms with Gasteiger partial charge in [-0.15, -0.1) is 11.3 Å². The lowest BCUT2D eigenvalue weighted by Crippen LogP contribution is -2.60. The summed E-state index contributed by atoms with van der Waals surface area (Å²) in [5.74, 6) is 1.59. The molecule has 0 saturated carbocycles. The fraction of sp³-hybridized carbons (Fsp3) is 0.333. The van der Waals surface area contributed by atoms with Crippen LogP contribution in [0.15, 0.2) is 103 Å². The Hall–Kier alpha value is -5.46. The van der Waals surface area contributed by atoms with Crippen molar-refractivity contribution in [3.8, 4) is 22.6 Å². The minimum atomic E-state index is -0.150. The molecule has 0 bridgehead atoms. The Morgan fingerprint density at radius 2 is 1.06 bits per heavy atom. The van der Waals surface area contributed by atoms with E-state index in [9.17, 15) is 0 Å². The van der Waals surface area contributed by atoms with Gasteiger partial charge in [-0.3, -0.25) is 0 Å². The first-order chi connectivity index (χ1) is 29.6. The normalized spacial score (nSPS) is 14.6. The van der Waals surface area contributed by atoms with Crippen molar-refractivity contribution in [1.82, 2.24) is 0 Å². The van der Waals surface area contributed by atoms with Gasteiger partial charge in [0.05, 0.1) is 17.1 Å². The van der Waals surface area contributed by atoms with E-state index in [1.54, 1.807) is 0 Å². The number of hydrogen-bond donors (Lipinski definition) is 0. The minimum Gasteiger partial charge on any atom is -0.454 e. The second kappa shape index (κ2) is 14.0. The Kier molecular flexibility index (Phi) is 9.25. The Labute approximate surface area is 380 Å². The van der Waals surface area contributed by atoms with E-state index in [0.29, 0.717) is 0 Å². The maximum atomic E-state index is 6.26. The molecule has 0 aliphatic carbocycles.